The molecule has 0 saturated carbocycles. The van der Waals surface area contributed by atoms with Crippen LogP contribution >= 0.6 is 0 Å². The molecule has 4 nitrogen and oxygen atoms in total. The zero-order chi connectivity index (χ0) is 13.1. The third kappa shape index (κ3) is 3.33. The van der Waals surface area contributed by atoms with Gasteiger partial charge in [-0.25, -0.2) is 0 Å². The summed E-state index contributed by atoms with van der Waals surface area (Å²) in [5.74, 6) is 0.736. The van der Waals surface area contributed by atoms with Crippen molar-refractivity contribution in [2.24, 2.45) is 13.0 Å². The first kappa shape index (κ1) is 13.6. The normalized spacial score (nSPS) is 29.7. The molecule has 1 saturated heterocycles. The average Bonchev–Trinajstić information content (AvgIpc) is 2.71. The Kier molecular flexibility index (Phi) is 4.40. The first-order valence-electron chi connectivity index (χ1n) is 6.97. The van der Waals surface area contributed by atoms with Crippen LogP contribution in [-0.4, -0.2) is 46.9 Å². The van der Waals surface area contributed by atoms with E-state index in [0.29, 0.717) is 12.1 Å². The Labute approximate surface area is 110 Å². The molecule has 1 aliphatic rings. The van der Waals surface area contributed by atoms with Crippen LogP contribution in [0.5, 0.6) is 0 Å². The number of nitrogens with zero attached hydrogens (tertiary/aromatic N) is 3. The van der Waals surface area contributed by atoms with Crippen molar-refractivity contribution < 1.29 is 0 Å². The van der Waals surface area contributed by atoms with E-state index in [-0.39, 0.29) is 0 Å². The quantitative estimate of drug-likeness (QED) is 0.874. The van der Waals surface area contributed by atoms with Gasteiger partial charge in [0.1, 0.15) is 0 Å². The molecule has 2 rings (SSSR count). The van der Waals surface area contributed by atoms with Crippen LogP contribution in [0.25, 0.3) is 0 Å². The molecule has 0 radical (unpaired) electrons. The average molecular weight is 250 g/mol. The summed E-state index contributed by atoms with van der Waals surface area (Å²) in [6.45, 7) is 6.93. The van der Waals surface area contributed by atoms with E-state index in [4.69, 9.17) is 0 Å². The van der Waals surface area contributed by atoms with Gasteiger partial charge in [0.25, 0.3) is 0 Å². The highest BCUT2D eigenvalue weighted by atomic mass is 15.2. The molecule has 0 spiro atoms. The molecule has 1 fully saturated rings. The number of piperidine rings is 1. The Hall–Kier alpha value is -0.870. The highest BCUT2D eigenvalue weighted by Gasteiger charge is 2.28. The Morgan fingerprint density at radius 3 is 2.83 bits per heavy atom. The van der Waals surface area contributed by atoms with Crippen molar-refractivity contribution in [1.29, 1.82) is 0 Å². The molecule has 0 aromatic carbocycles. The lowest BCUT2D eigenvalue weighted by atomic mass is 9.90. The van der Waals surface area contributed by atoms with Crippen LogP contribution in [0.15, 0.2) is 12.4 Å². The van der Waals surface area contributed by atoms with Crippen LogP contribution in [0.2, 0.25) is 0 Å². The van der Waals surface area contributed by atoms with Crippen molar-refractivity contribution in [3.8, 4) is 0 Å². The SMILES string of the molecule is CC1CN(C)C(C)CC1NCCc1cnn(C)c1. The molecule has 18 heavy (non-hydrogen) atoms. The second-order valence-corrected chi connectivity index (χ2v) is 5.83. The fraction of sp³-hybridized carbons (Fsp3) is 0.786. The lowest BCUT2D eigenvalue weighted by molar-refractivity contribution is 0.122. The van der Waals surface area contributed by atoms with Crippen LogP contribution in [0.3, 0.4) is 0 Å². The summed E-state index contributed by atoms with van der Waals surface area (Å²) in [7, 11) is 4.20. The van der Waals surface area contributed by atoms with Gasteiger partial charge in [0.15, 0.2) is 0 Å². The lowest BCUT2D eigenvalue weighted by Gasteiger charge is -2.40. The van der Waals surface area contributed by atoms with Gasteiger partial charge >= 0.3 is 0 Å². The molecule has 3 unspecified atom stereocenters. The van der Waals surface area contributed by atoms with E-state index in [1.807, 2.05) is 17.9 Å². The van der Waals surface area contributed by atoms with Crippen molar-refractivity contribution in [2.45, 2.75) is 38.8 Å². The molecule has 1 aliphatic heterocycles. The van der Waals surface area contributed by atoms with E-state index in [9.17, 15) is 0 Å². The van der Waals surface area contributed by atoms with E-state index < -0.39 is 0 Å². The molecular weight excluding hydrogens is 224 g/mol. The smallest absolute Gasteiger partial charge is 0.0522 e. The number of aryl methyl sites for hydroxylation is 1. The zero-order valence-electron chi connectivity index (χ0n) is 12.1. The molecule has 2 heterocycles. The van der Waals surface area contributed by atoms with Crippen LogP contribution in [0.1, 0.15) is 25.8 Å². The maximum Gasteiger partial charge on any atom is 0.0522 e. The van der Waals surface area contributed by atoms with Crippen molar-refractivity contribution >= 4 is 0 Å². The van der Waals surface area contributed by atoms with Crippen molar-refractivity contribution in [2.75, 3.05) is 20.1 Å². The topological polar surface area (TPSA) is 33.1 Å². The Morgan fingerprint density at radius 1 is 1.39 bits per heavy atom. The Bertz CT molecular complexity index is 374. The summed E-state index contributed by atoms with van der Waals surface area (Å²) in [5, 5.41) is 7.92. The van der Waals surface area contributed by atoms with Gasteiger partial charge in [-0.2, -0.15) is 5.10 Å². The summed E-state index contributed by atoms with van der Waals surface area (Å²) < 4.78 is 1.87. The number of nitrogens with one attached hydrogen (secondary N) is 1. The monoisotopic (exact) mass is 250 g/mol. The van der Waals surface area contributed by atoms with E-state index >= 15 is 0 Å². The summed E-state index contributed by atoms with van der Waals surface area (Å²) in [4.78, 5) is 2.46. The molecule has 4 heteroatoms. The number of rotatable bonds is 4. The maximum absolute atomic E-state index is 4.20. The number of hydrogen-bond donors (Lipinski definition) is 1. The van der Waals surface area contributed by atoms with Gasteiger partial charge in [-0.3, -0.25) is 4.68 Å². The number of hydrogen-bond acceptors (Lipinski definition) is 3. The molecule has 0 amide bonds. The highest BCUT2D eigenvalue weighted by molar-refractivity contribution is 5.04. The van der Waals surface area contributed by atoms with E-state index in [0.717, 1.165) is 18.9 Å². The predicted molar refractivity (Wildman–Crippen MR) is 74.6 cm³/mol. The Balaban J connectivity index is 1.76. The molecule has 0 aliphatic carbocycles. The first-order valence-corrected chi connectivity index (χ1v) is 6.97. The minimum absolute atomic E-state index is 0.660. The maximum atomic E-state index is 4.20. The van der Waals surface area contributed by atoms with Gasteiger partial charge in [-0.05, 0) is 44.8 Å². The van der Waals surface area contributed by atoms with Crippen LogP contribution < -0.4 is 5.32 Å². The highest BCUT2D eigenvalue weighted by Crippen LogP contribution is 2.20. The second kappa shape index (κ2) is 5.85. The lowest BCUT2D eigenvalue weighted by Crippen LogP contribution is -2.51. The second-order valence-electron chi connectivity index (χ2n) is 5.83. The standard InChI is InChI=1S/C14H26N4/c1-11-9-17(3)12(2)7-14(11)15-6-5-13-8-16-18(4)10-13/h8,10-12,14-15H,5-7,9H2,1-4H3. The molecule has 3 atom stereocenters. The van der Waals surface area contributed by atoms with E-state index in [2.05, 4.69) is 42.4 Å². The van der Waals surface area contributed by atoms with Crippen LogP contribution in [0.4, 0.5) is 0 Å². The van der Waals surface area contributed by atoms with Gasteiger partial charge in [-0.15, -0.1) is 0 Å². The van der Waals surface area contributed by atoms with Crippen LogP contribution in [-0.2, 0) is 13.5 Å². The van der Waals surface area contributed by atoms with Crippen molar-refractivity contribution in [3.63, 3.8) is 0 Å². The van der Waals surface area contributed by atoms with E-state index in [1.165, 1.54) is 18.5 Å². The van der Waals surface area contributed by atoms with Gasteiger partial charge in [0, 0.05) is 31.9 Å². The van der Waals surface area contributed by atoms with Gasteiger partial charge < -0.3 is 10.2 Å². The Morgan fingerprint density at radius 2 is 2.17 bits per heavy atom. The van der Waals surface area contributed by atoms with Gasteiger partial charge in [0.05, 0.1) is 6.20 Å². The minimum Gasteiger partial charge on any atom is -0.313 e. The summed E-state index contributed by atoms with van der Waals surface area (Å²) in [5.41, 5.74) is 1.32. The minimum atomic E-state index is 0.660. The van der Waals surface area contributed by atoms with Gasteiger partial charge in [0.2, 0.25) is 0 Å². The van der Waals surface area contributed by atoms with E-state index in [1.54, 1.807) is 0 Å². The molecule has 1 N–H and O–H groups in total. The van der Waals surface area contributed by atoms with Crippen LogP contribution in [0, 0.1) is 5.92 Å². The molecule has 102 valence electrons. The van der Waals surface area contributed by atoms with Crippen molar-refractivity contribution in [1.82, 2.24) is 20.0 Å². The predicted octanol–water partition coefficient (Wildman–Crippen LogP) is 1.28. The molecule has 1 aromatic heterocycles. The summed E-state index contributed by atoms with van der Waals surface area (Å²) >= 11 is 0. The molecule has 1 aromatic rings. The number of likely N-dealkylation sites (tertiary alicyclic amines) is 1. The third-order valence-electron chi connectivity index (χ3n) is 4.19. The largest absolute Gasteiger partial charge is 0.313 e. The third-order valence-corrected chi connectivity index (χ3v) is 4.19. The zero-order valence-corrected chi connectivity index (χ0v) is 12.1. The summed E-state index contributed by atoms with van der Waals surface area (Å²) in [6.07, 6.45) is 6.39. The molecule has 0 bridgehead atoms. The fourth-order valence-corrected chi connectivity index (χ4v) is 2.83. The van der Waals surface area contributed by atoms with Gasteiger partial charge in [-0.1, -0.05) is 6.92 Å². The van der Waals surface area contributed by atoms with Crippen molar-refractivity contribution in [3.05, 3.63) is 18.0 Å². The fourth-order valence-electron chi connectivity index (χ4n) is 2.83. The summed E-state index contributed by atoms with van der Waals surface area (Å²) in [6, 6.07) is 1.35. The first-order chi connectivity index (χ1) is 8.56. The number of aromatic nitrogens is 2. The molecular formula is C14H26N4.